The third-order valence-corrected chi connectivity index (χ3v) is 6.85. The Labute approximate surface area is 155 Å². The van der Waals surface area contributed by atoms with Gasteiger partial charge in [0, 0.05) is 11.8 Å². The number of hydrogen-bond donors (Lipinski definition) is 5. The minimum absolute atomic E-state index is 0.230. The number of aromatic nitrogens is 2. The van der Waals surface area contributed by atoms with Gasteiger partial charge in [-0.3, -0.25) is 18.9 Å². The number of rotatable bonds is 8. The van der Waals surface area contributed by atoms with E-state index in [1.165, 1.54) is 25.3 Å². The Balaban J connectivity index is 1.97. The van der Waals surface area contributed by atoms with E-state index in [0.29, 0.717) is 0 Å². The lowest BCUT2D eigenvalue weighted by Gasteiger charge is -2.19. The Morgan fingerprint density at radius 3 is 2.36 bits per heavy atom. The molecule has 15 nitrogen and oxygen atoms in total. The van der Waals surface area contributed by atoms with Crippen LogP contribution in [0.2, 0.25) is 0 Å². The topological polar surface area (TPSA) is 224 Å². The number of H-pyrrole nitrogens is 1. The molecule has 0 spiro atoms. The molecule has 1 aromatic rings. The van der Waals surface area contributed by atoms with Gasteiger partial charge in [-0.1, -0.05) is 6.08 Å². The van der Waals surface area contributed by atoms with Crippen LogP contribution < -0.4 is 11.2 Å². The predicted molar refractivity (Wildman–Crippen MR) is 88.9 cm³/mol. The molecule has 4 atom stereocenters. The van der Waals surface area contributed by atoms with Crippen molar-refractivity contribution in [3.63, 3.8) is 0 Å². The summed E-state index contributed by atoms with van der Waals surface area (Å²) < 4.78 is 51.3. The largest absolute Gasteiger partial charge is 0.490 e. The summed E-state index contributed by atoms with van der Waals surface area (Å²) in [7, 11) is -16.4. The van der Waals surface area contributed by atoms with E-state index in [9.17, 15) is 28.2 Å². The fourth-order valence-corrected chi connectivity index (χ4v) is 5.02. The van der Waals surface area contributed by atoms with Crippen molar-refractivity contribution in [2.24, 2.45) is 0 Å². The van der Waals surface area contributed by atoms with Crippen molar-refractivity contribution in [3.8, 4) is 0 Å². The van der Waals surface area contributed by atoms with Crippen molar-refractivity contribution in [3.05, 3.63) is 44.8 Å². The second kappa shape index (κ2) is 8.27. The summed E-state index contributed by atoms with van der Waals surface area (Å²) in [5.74, 6) is 0. The molecule has 0 bridgehead atoms. The van der Waals surface area contributed by atoms with Crippen molar-refractivity contribution < 1.29 is 51.2 Å². The monoisotopic (exact) mass is 464 g/mol. The minimum atomic E-state index is -5.61. The second-order valence-corrected chi connectivity index (χ2v) is 9.74. The van der Waals surface area contributed by atoms with E-state index in [0.717, 1.165) is 4.57 Å². The molecule has 0 aliphatic carbocycles. The highest BCUT2D eigenvalue weighted by Gasteiger charge is 2.41. The zero-order chi connectivity index (χ0) is 21.3. The molecule has 1 aliphatic heterocycles. The molecule has 5 N–H and O–H groups in total. The molecule has 0 saturated carbocycles. The van der Waals surface area contributed by atoms with E-state index in [4.69, 9.17) is 19.4 Å². The molecule has 0 radical (unpaired) electrons. The highest BCUT2D eigenvalue weighted by molar-refractivity contribution is 7.66. The number of ether oxygens (including phenoxy) is 1. The van der Waals surface area contributed by atoms with Crippen LogP contribution in [0.3, 0.4) is 0 Å². The molecule has 4 unspecified atom stereocenters. The summed E-state index contributed by atoms with van der Waals surface area (Å²) in [6.07, 6.45) is 1.97. The highest BCUT2D eigenvalue weighted by Crippen LogP contribution is 2.66. The summed E-state index contributed by atoms with van der Waals surface area (Å²) >= 11 is 0. The van der Waals surface area contributed by atoms with Crippen molar-refractivity contribution in [1.82, 2.24) is 9.55 Å². The molecule has 1 aromatic heterocycles. The fraction of sp³-hybridized carbons (Fsp3) is 0.400. The standard InChI is InChI=1S/C10H15N2O13P3/c1-6-4-12(10(14)11-9(6)13)8-3-2-7(23-8)5-22-27(18,19)25-28(20,21)24-26(15,16)17/h2-4,7-8H,5H2,1H3,(H,18,19)(H,20,21)(H,11,13,14)(H2,15,16,17). The minimum Gasteiger partial charge on any atom is -0.344 e. The third kappa shape index (κ3) is 6.69. The van der Waals surface area contributed by atoms with Crippen LogP contribution in [-0.2, 0) is 31.6 Å². The van der Waals surface area contributed by atoms with Gasteiger partial charge in [-0.15, -0.1) is 0 Å². The quantitative estimate of drug-likeness (QED) is 0.245. The molecule has 158 valence electrons. The zero-order valence-corrected chi connectivity index (χ0v) is 16.5. The summed E-state index contributed by atoms with van der Waals surface area (Å²) in [6.45, 7) is 0.758. The summed E-state index contributed by atoms with van der Waals surface area (Å²) in [4.78, 5) is 60.5. The lowest BCUT2D eigenvalue weighted by Crippen LogP contribution is -2.33. The summed E-state index contributed by atoms with van der Waals surface area (Å²) in [6, 6.07) is 0. The SMILES string of the molecule is Cc1cn(C2C=CC(COP(=O)(O)OP(=O)(O)OP(=O)(O)O)O2)c(=O)[nH]c1=O. The van der Waals surface area contributed by atoms with Crippen LogP contribution >= 0.6 is 23.5 Å². The first-order valence-electron chi connectivity index (χ1n) is 7.12. The van der Waals surface area contributed by atoms with Gasteiger partial charge in [-0.2, -0.15) is 8.62 Å². The van der Waals surface area contributed by atoms with Gasteiger partial charge < -0.3 is 24.3 Å². The van der Waals surface area contributed by atoms with Crippen LogP contribution in [0.15, 0.2) is 27.9 Å². The predicted octanol–water partition coefficient (Wildman–Crippen LogP) is -0.358. The molecule has 0 fully saturated rings. The number of phosphoric ester groups is 1. The van der Waals surface area contributed by atoms with Gasteiger partial charge in [0.1, 0.15) is 6.10 Å². The molecule has 0 aromatic carbocycles. The molecule has 0 amide bonds. The first-order valence-corrected chi connectivity index (χ1v) is 11.6. The van der Waals surface area contributed by atoms with E-state index in [-0.39, 0.29) is 5.56 Å². The van der Waals surface area contributed by atoms with Crippen molar-refractivity contribution in [2.45, 2.75) is 19.3 Å². The molecule has 2 heterocycles. The average molecular weight is 464 g/mol. The maximum atomic E-state index is 11.8. The molecular formula is C10H15N2O13P3. The molecule has 18 heteroatoms. The highest BCUT2D eigenvalue weighted by atomic mass is 31.3. The van der Waals surface area contributed by atoms with Crippen LogP contribution in [0, 0.1) is 6.92 Å². The van der Waals surface area contributed by atoms with Crippen LogP contribution in [0.25, 0.3) is 0 Å². The van der Waals surface area contributed by atoms with Crippen molar-refractivity contribution >= 4 is 23.5 Å². The van der Waals surface area contributed by atoms with Crippen LogP contribution in [0.5, 0.6) is 0 Å². The smallest absolute Gasteiger partial charge is 0.344 e. The number of phosphoric acid groups is 3. The first kappa shape index (κ1) is 23.1. The summed E-state index contributed by atoms with van der Waals surface area (Å²) in [5, 5.41) is 0. The molecule has 1 aliphatic rings. The van der Waals surface area contributed by atoms with Crippen molar-refractivity contribution in [1.29, 1.82) is 0 Å². The maximum absolute atomic E-state index is 11.8. The van der Waals surface area contributed by atoms with E-state index in [2.05, 4.69) is 18.1 Å². The number of aromatic amines is 1. The van der Waals surface area contributed by atoms with Gasteiger partial charge in [-0.25, -0.2) is 18.5 Å². The summed E-state index contributed by atoms with van der Waals surface area (Å²) in [5.41, 5.74) is -1.11. The second-order valence-electron chi connectivity index (χ2n) is 5.32. The van der Waals surface area contributed by atoms with Gasteiger partial charge in [0.2, 0.25) is 0 Å². The van der Waals surface area contributed by atoms with Crippen molar-refractivity contribution in [2.75, 3.05) is 6.61 Å². The van der Waals surface area contributed by atoms with E-state index >= 15 is 0 Å². The Morgan fingerprint density at radius 2 is 1.75 bits per heavy atom. The van der Waals surface area contributed by atoms with Gasteiger partial charge in [-0.05, 0) is 13.0 Å². The van der Waals surface area contributed by atoms with Gasteiger partial charge in [0.25, 0.3) is 5.56 Å². The molecular weight excluding hydrogens is 449 g/mol. The van der Waals surface area contributed by atoms with E-state index in [1.54, 1.807) is 0 Å². The molecule has 2 rings (SSSR count). The molecule has 0 saturated heterocycles. The van der Waals surface area contributed by atoms with Crippen LogP contribution in [0.4, 0.5) is 0 Å². The Hall–Kier alpha value is -1.21. The van der Waals surface area contributed by atoms with Gasteiger partial charge >= 0.3 is 29.2 Å². The maximum Gasteiger partial charge on any atom is 0.490 e. The Morgan fingerprint density at radius 1 is 1.11 bits per heavy atom. The third-order valence-electron chi connectivity index (χ3n) is 3.04. The van der Waals surface area contributed by atoms with Crippen LogP contribution in [-0.4, -0.2) is 41.8 Å². The van der Waals surface area contributed by atoms with Crippen LogP contribution in [0.1, 0.15) is 11.8 Å². The number of nitrogens with one attached hydrogen (secondary N) is 1. The fourth-order valence-electron chi connectivity index (χ4n) is 1.99. The van der Waals surface area contributed by atoms with Gasteiger partial charge in [0.15, 0.2) is 6.23 Å². The average Bonchev–Trinajstić information content (AvgIpc) is 2.94. The molecule has 28 heavy (non-hydrogen) atoms. The van der Waals surface area contributed by atoms with E-state index in [1.807, 2.05) is 0 Å². The Kier molecular flexibility index (Phi) is 6.81. The lowest BCUT2D eigenvalue weighted by atomic mass is 10.3. The number of aryl methyl sites for hydroxylation is 1. The van der Waals surface area contributed by atoms with Gasteiger partial charge in [0.05, 0.1) is 6.61 Å². The number of hydrogen-bond acceptors (Lipinski definition) is 9. The van der Waals surface area contributed by atoms with E-state index < -0.39 is 53.7 Å². The zero-order valence-electron chi connectivity index (χ0n) is 13.8. The normalized spacial score (nSPS) is 24.0. The Bertz CT molecular complexity index is 1020. The lowest BCUT2D eigenvalue weighted by molar-refractivity contribution is -0.0105. The number of nitrogens with zero attached hydrogens (tertiary/aromatic N) is 1. The first-order chi connectivity index (χ1) is 12.7.